The number of hydrogen-bond donors (Lipinski definition) is 1. The highest BCUT2D eigenvalue weighted by molar-refractivity contribution is 9.10. The van der Waals surface area contributed by atoms with Crippen LogP contribution in [0, 0.1) is 0 Å². The van der Waals surface area contributed by atoms with E-state index in [0.717, 1.165) is 0 Å². The molecule has 1 aliphatic rings. The van der Waals surface area contributed by atoms with E-state index in [9.17, 15) is 8.42 Å². The summed E-state index contributed by atoms with van der Waals surface area (Å²) in [7, 11) is -1.83. The van der Waals surface area contributed by atoms with Gasteiger partial charge in [-0.2, -0.15) is 4.31 Å². The lowest BCUT2D eigenvalue weighted by molar-refractivity contribution is 0.274. The standard InChI is InChI=1S/C10H12BrClN2O2S/c1-14(7-5-13-6-7)17(15,16)8-2-3-10(12)9(11)4-8/h2-4,7,13H,5-6H2,1H3. The molecule has 17 heavy (non-hydrogen) atoms. The van der Waals surface area contributed by atoms with Crippen LogP contribution in [0.1, 0.15) is 0 Å². The van der Waals surface area contributed by atoms with Crippen molar-refractivity contribution in [3.63, 3.8) is 0 Å². The highest BCUT2D eigenvalue weighted by atomic mass is 79.9. The van der Waals surface area contributed by atoms with Crippen LogP contribution in [-0.4, -0.2) is 38.9 Å². The Kier molecular flexibility index (Phi) is 3.80. The van der Waals surface area contributed by atoms with Gasteiger partial charge in [-0.05, 0) is 34.1 Å². The molecule has 1 N–H and O–H groups in total. The fraction of sp³-hybridized carbons (Fsp3) is 0.400. The lowest BCUT2D eigenvalue weighted by Gasteiger charge is -2.34. The first-order valence-electron chi connectivity index (χ1n) is 5.07. The third kappa shape index (κ3) is 2.51. The number of rotatable bonds is 3. The fourth-order valence-electron chi connectivity index (χ4n) is 1.53. The van der Waals surface area contributed by atoms with Crippen LogP contribution in [0.15, 0.2) is 27.6 Å². The van der Waals surface area contributed by atoms with Crippen molar-refractivity contribution >= 4 is 37.6 Å². The van der Waals surface area contributed by atoms with E-state index >= 15 is 0 Å². The molecule has 0 unspecified atom stereocenters. The molecule has 7 heteroatoms. The summed E-state index contributed by atoms with van der Waals surface area (Å²) in [6.07, 6.45) is 0. The Bertz CT molecular complexity index is 531. The van der Waals surface area contributed by atoms with Crippen molar-refractivity contribution in [3.8, 4) is 0 Å². The molecule has 0 radical (unpaired) electrons. The van der Waals surface area contributed by atoms with Crippen molar-refractivity contribution < 1.29 is 8.42 Å². The molecule has 1 aromatic carbocycles. The van der Waals surface area contributed by atoms with Gasteiger partial charge in [-0.1, -0.05) is 11.6 Å². The number of benzene rings is 1. The van der Waals surface area contributed by atoms with Crippen LogP contribution >= 0.6 is 27.5 Å². The zero-order valence-corrected chi connectivity index (χ0v) is 12.3. The van der Waals surface area contributed by atoms with E-state index in [-0.39, 0.29) is 10.9 Å². The maximum absolute atomic E-state index is 12.3. The molecule has 4 nitrogen and oxygen atoms in total. The summed E-state index contributed by atoms with van der Waals surface area (Å²) < 4.78 is 26.5. The van der Waals surface area contributed by atoms with Crippen LogP contribution in [0.3, 0.4) is 0 Å². The van der Waals surface area contributed by atoms with E-state index in [1.165, 1.54) is 16.4 Å². The van der Waals surface area contributed by atoms with Gasteiger partial charge in [-0.25, -0.2) is 8.42 Å². The zero-order chi connectivity index (χ0) is 12.6. The van der Waals surface area contributed by atoms with Gasteiger partial charge in [0.15, 0.2) is 0 Å². The minimum absolute atomic E-state index is 0.0365. The summed E-state index contributed by atoms with van der Waals surface area (Å²) in [6, 6.07) is 4.66. The molecule has 1 aliphatic heterocycles. The Morgan fingerprint density at radius 1 is 1.47 bits per heavy atom. The zero-order valence-electron chi connectivity index (χ0n) is 9.15. The summed E-state index contributed by atoms with van der Waals surface area (Å²) in [4.78, 5) is 0.253. The van der Waals surface area contributed by atoms with Crippen LogP contribution in [0.5, 0.6) is 0 Å². The van der Waals surface area contributed by atoms with E-state index in [4.69, 9.17) is 11.6 Å². The number of sulfonamides is 1. The van der Waals surface area contributed by atoms with Crippen molar-refractivity contribution in [1.82, 2.24) is 9.62 Å². The molecule has 94 valence electrons. The van der Waals surface area contributed by atoms with Crippen LogP contribution in [0.2, 0.25) is 5.02 Å². The van der Waals surface area contributed by atoms with Crippen molar-refractivity contribution in [1.29, 1.82) is 0 Å². The molecule has 0 spiro atoms. The van der Waals surface area contributed by atoms with E-state index in [0.29, 0.717) is 22.6 Å². The minimum Gasteiger partial charge on any atom is -0.313 e. The van der Waals surface area contributed by atoms with Gasteiger partial charge < -0.3 is 5.32 Å². The van der Waals surface area contributed by atoms with Crippen molar-refractivity contribution in [2.75, 3.05) is 20.1 Å². The molecule has 0 saturated carbocycles. The SMILES string of the molecule is CN(C1CNC1)S(=O)(=O)c1ccc(Cl)c(Br)c1. The first-order chi connectivity index (χ1) is 7.93. The van der Waals surface area contributed by atoms with Crippen molar-refractivity contribution in [2.24, 2.45) is 0 Å². The normalized spacial score (nSPS) is 17.2. The Balaban J connectivity index is 2.33. The summed E-state index contributed by atoms with van der Waals surface area (Å²) in [5.41, 5.74) is 0. The quantitative estimate of drug-likeness (QED) is 0.912. The Hall–Kier alpha value is -0.140. The average Bonchev–Trinajstić information content (AvgIpc) is 2.19. The average molecular weight is 340 g/mol. The molecular weight excluding hydrogens is 328 g/mol. The minimum atomic E-state index is -3.43. The number of nitrogens with one attached hydrogen (secondary N) is 1. The molecule has 0 atom stereocenters. The van der Waals surface area contributed by atoms with Crippen LogP contribution in [0.4, 0.5) is 0 Å². The summed E-state index contributed by atoms with van der Waals surface area (Å²) in [5.74, 6) is 0. The number of likely N-dealkylation sites (N-methyl/N-ethyl adjacent to an activating group) is 1. The topological polar surface area (TPSA) is 49.4 Å². The monoisotopic (exact) mass is 338 g/mol. The Labute approximate surface area is 114 Å². The fourth-order valence-corrected chi connectivity index (χ4v) is 3.56. The van der Waals surface area contributed by atoms with Gasteiger partial charge in [0.1, 0.15) is 0 Å². The van der Waals surface area contributed by atoms with Crippen molar-refractivity contribution in [2.45, 2.75) is 10.9 Å². The highest BCUT2D eigenvalue weighted by Gasteiger charge is 2.31. The van der Waals surface area contributed by atoms with Gasteiger partial charge in [0.05, 0.1) is 9.92 Å². The lowest BCUT2D eigenvalue weighted by atomic mass is 10.2. The van der Waals surface area contributed by atoms with Gasteiger partial charge >= 0.3 is 0 Å². The molecule has 1 heterocycles. The first kappa shape index (κ1) is 13.3. The second kappa shape index (κ2) is 4.85. The molecule has 0 aromatic heterocycles. The van der Waals surface area contributed by atoms with Gasteiger partial charge in [-0.3, -0.25) is 0 Å². The second-order valence-corrected chi connectivity index (χ2v) is 7.17. The third-order valence-electron chi connectivity index (χ3n) is 2.84. The summed E-state index contributed by atoms with van der Waals surface area (Å²) in [5, 5.41) is 3.55. The number of nitrogens with zero attached hydrogens (tertiary/aromatic N) is 1. The molecule has 0 amide bonds. The van der Waals surface area contributed by atoms with Gasteiger partial charge in [0, 0.05) is 30.7 Å². The second-order valence-electron chi connectivity index (χ2n) is 3.91. The van der Waals surface area contributed by atoms with E-state index in [2.05, 4.69) is 21.2 Å². The van der Waals surface area contributed by atoms with Gasteiger partial charge in [-0.15, -0.1) is 0 Å². The summed E-state index contributed by atoms with van der Waals surface area (Å²) in [6.45, 7) is 1.40. The lowest BCUT2D eigenvalue weighted by Crippen LogP contribution is -2.57. The molecule has 2 rings (SSSR count). The van der Waals surface area contributed by atoms with E-state index < -0.39 is 10.0 Å². The van der Waals surface area contributed by atoms with Gasteiger partial charge in [0.25, 0.3) is 0 Å². The number of halogens is 2. The molecular formula is C10H12BrClN2O2S. The first-order valence-corrected chi connectivity index (χ1v) is 7.68. The van der Waals surface area contributed by atoms with E-state index in [1.807, 2.05) is 0 Å². The largest absolute Gasteiger partial charge is 0.313 e. The van der Waals surface area contributed by atoms with Crippen LogP contribution in [0.25, 0.3) is 0 Å². The smallest absolute Gasteiger partial charge is 0.243 e. The maximum atomic E-state index is 12.3. The van der Waals surface area contributed by atoms with E-state index in [1.54, 1.807) is 13.1 Å². The van der Waals surface area contributed by atoms with Crippen LogP contribution < -0.4 is 5.32 Å². The molecule has 1 fully saturated rings. The molecule has 1 aromatic rings. The maximum Gasteiger partial charge on any atom is 0.243 e. The molecule has 0 bridgehead atoms. The third-order valence-corrected chi connectivity index (χ3v) is 5.96. The number of hydrogen-bond acceptors (Lipinski definition) is 3. The predicted molar refractivity (Wildman–Crippen MR) is 70.8 cm³/mol. The highest BCUT2D eigenvalue weighted by Crippen LogP contribution is 2.27. The summed E-state index contributed by atoms with van der Waals surface area (Å²) >= 11 is 9.07. The van der Waals surface area contributed by atoms with Crippen LogP contribution in [-0.2, 0) is 10.0 Å². The van der Waals surface area contributed by atoms with Crippen molar-refractivity contribution in [3.05, 3.63) is 27.7 Å². The predicted octanol–water partition coefficient (Wildman–Crippen LogP) is 1.69. The Morgan fingerprint density at radius 3 is 2.59 bits per heavy atom. The Morgan fingerprint density at radius 2 is 2.12 bits per heavy atom. The molecule has 0 aliphatic carbocycles. The van der Waals surface area contributed by atoms with Gasteiger partial charge in [0.2, 0.25) is 10.0 Å². The molecule has 1 saturated heterocycles.